The number of nitrogens with one attached hydrogen (secondary N) is 2. The lowest BCUT2D eigenvalue weighted by Crippen LogP contribution is -2.20. The lowest BCUT2D eigenvalue weighted by molar-refractivity contribution is 0.262. The molecule has 2 amide bonds. The molecule has 33 heavy (non-hydrogen) atoms. The first kappa shape index (κ1) is 20.4. The lowest BCUT2D eigenvalue weighted by atomic mass is 10.0. The molecule has 3 heterocycles. The summed E-state index contributed by atoms with van der Waals surface area (Å²) in [6.07, 6.45) is 3.40. The minimum absolute atomic E-state index is 0.361. The summed E-state index contributed by atoms with van der Waals surface area (Å²) >= 11 is 0. The van der Waals surface area contributed by atoms with Crippen LogP contribution in [0.5, 0.6) is 0 Å². The van der Waals surface area contributed by atoms with Crippen LogP contribution in [0.1, 0.15) is 11.1 Å². The zero-order chi connectivity index (χ0) is 22.8. The molecule has 5 rings (SSSR count). The van der Waals surface area contributed by atoms with Gasteiger partial charge in [-0.15, -0.1) is 0 Å². The number of amides is 2. The van der Waals surface area contributed by atoms with Crippen LogP contribution < -0.4 is 10.6 Å². The SMILES string of the molecule is Cc1cccc(NC(=O)Nc2cc(-c3c(-c4cccc(C)c4)nc4cccnn34)ccn2)c1. The van der Waals surface area contributed by atoms with E-state index in [1.54, 1.807) is 12.4 Å². The maximum absolute atomic E-state index is 12.5. The number of aryl methyl sites for hydroxylation is 2. The van der Waals surface area contributed by atoms with Crippen molar-refractivity contribution >= 4 is 23.2 Å². The number of fused-ring (bicyclic) bond motifs is 1. The van der Waals surface area contributed by atoms with Crippen LogP contribution in [0.15, 0.2) is 85.2 Å². The van der Waals surface area contributed by atoms with Crippen molar-refractivity contribution in [1.29, 1.82) is 0 Å². The van der Waals surface area contributed by atoms with Gasteiger partial charge >= 0.3 is 6.03 Å². The molecule has 0 radical (unpaired) electrons. The Labute approximate surface area is 191 Å². The van der Waals surface area contributed by atoms with E-state index in [9.17, 15) is 4.79 Å². The number of hydrogen-bond acceptors (Lipinski definition) is 4. The second-order valence-corrected chi connectivity index (χ2v) is 7.85. The van der Waals surface area contributed by atoms with Crippen LogP contribution >= 0.6 is 0 Å². The smallest absolute Gasteiger partial charge is 0.308 e. The highest BCUT2D eigenvalue weighted by molar-refractivity contribution is 5.99. The second kappa shape index (κ2) is 8.55. The summed E-state index contributed by atoms with van der Waals surface area (Å²) in [5.74, 6) is 0.429. The number of imidazole rings is 1. The van der Waals surface area contributed by atoms with Gasteiger partial charge in [-0.1, -0.05) is 35.9 Å². The third kappa shape index (κ3) is 4.29. The molecule has 0 saturated heterocycles. The average Bonchev–Trinajstić information content (AvgIpc) is 3.19. The molecule has 3 aromatic heterocycles. The molecular weight excluding hydrogens is 412 g/mol. The summed E-state index contributed by atoms with van der Waals surface area (Å²) in [5.41, 5.74) is 7.17. The zero-order valence-corrected chi connectivity index (χ0v) is 18.3. The number of nitrogens with zero attached hydrogens (tertiary/aromatic N) is 4. The highest BCUT2D eigenvalue weighted by Gasteiger charge is 2.18. The van der Waals surface area contributed by atoms with Crippen molar-refractivity contribution in [3.05, 3.63) is 96.3 Å². The molecule has 0 aliphatic heterocycles. The predicted molar refractivity (Wildman–Crippen MR) is 130 cm³/mol. The molecule has 0 aliphatic rings. The van der Waals surface area contributed by atoms with E-state index in [-0.39, 0.29) is 6.03 Å². The first-order valence-corrected chi connectivity index (χ1v) is 10.6. The van der Waals surface area contributed by atoms with Crippen LogP contribution in [-0.4, -0.2) is 25.6 Å². The van der Waals surface area contributed by atoms with Crippen molar-refractivity contribution in [2.75, 3.05) is 10.6 Å². The minimum Gasteiger partial charge on any atom is -0.308 e. The molecule has 0 atom stereocenters. The van der Waals surface area contributed by atoms with Gasteiger partial charge in [-0.05, 0) is 61.9 Å². The van der Waals surface area contributed by atoms with Crippen LogP contribution in [0.4, 0.5) is 16.3 Å². The topological polar surface area (TPSA) is 84.2 Å². The molecule has 2 N–H and O–H groups in total. The number of anilines is 2. The summed E-state index contributed by atoms with van der Waals surface area (Å²) < 4.78 is 1.81. The summed E-state index contributed by atoms with van der Waals surface area (Å²) in [6.45, 7) is 4.03. The Morgan fingerprint density at radius 3 is 2.45 bits per heavy atom. The monoisotopic (exact) mass is 434 g/mol. The molecule has 7 heteroatoms. The number of pyridine rings is 1. The number of carbonyl (C=O) groups excluding carboxylic acids is 1. The number of rotatable bonds is 4. The number of benzene rings is 2. The van der Waals surface area contributed by atoms with Crippen LogP contribution in [-0.2, 0) is 0 Å². The molecule has 0 spiro atoms. The number of carbonyl (C=O) groups is 1. The van der Waals surface area contributed by atoms with E-state index in [2.05, 4.69) is 39.8 Å². The van der Waals surface area contributed by atoms with Crippen molar-refractivity contribution in [3.63, 3.8) is 0 Å². The Morgan fingerprint density at radius 2 is 1.64 bits per heavy atom. The summed E-state index contributed by atoms with van der Waals surface area (Å²) in [6, 6.07) is 23.0. The maximum atomic E-state index is 12.5. The molecule has 2 aromatic carbocycles. The van der Waals surface area contributed by atoms with Gasteiger partial charge in [0.25, 0.3) is 0 Å². The van der Waals surface area contributed by atoms with Crippen LogP contribution in [0, 0.1) is 13.8 Å². The Morgan fingerprint density at radius 1 is 0.818 bits per heavy atom. The molecule has 0 aliphatic carbocycles. The van der Waals surface area contributed by atoms with Gasteiger partial charge in [-0.2, -0.15) is 5.10 Å². The number of hydrogen-bond donors (Lipinski definition) is 2. The van der Waals surface area contributed by atoms with Crippen molar-refractivity contribution in [1.82, 2.24) is 19.6 Å². The Balaban J connectivity index is 1.51. The quantitative estimate of drug-likeness (QED) is 0.379. The second-order valence-electron chi connectivity index (χ2n) is 7.85. The van der Waals surface area contributed by atoms with Gasteiger partial charge in [0.1, 0.15) is 11.5 Å². The fourth-order valence-corrected chi connectivity index (χ4v) is 3.79. The lowest BCUT2D eigenvalue weighted by Gasteiger charge is -2.10. The molecule has 0 fully saturated rings. The summed E-state index contributed by atoms with van der Waals surface area (Å²) in [7, 11) is 0. The first-order valence-electron chi connectivity index (χ1n) is 10.6. The van der Waals surface area contributed by atoms with E-state index >= 15 is 0 Å². The van der Waals surface area contributed by atoms with Gasteiger partial charge in [0, 0.05) is 29.2 Å². The van der Waals surface area contributed by atoms with Crippen LogP contribution in [0.25, 0.3) is 28.2 Å². The minimum atomic E-state index is -0.361. The van der Waals surface area contributed by atoms with Crippen molar-refractivity contribution < 1.29 is 4.79 Å². The Kier molecular flexibility index (Phi) is 5.28. The highest BCUT2D eigenvalue weighted by Crippen LogP contribution is 2.33. The Bertz CT molecular complexity index is 1470. The number of aromatic nitrogens is 4. The Hall–Kier alpha value is -4.52. The highest BCUT2D eigenvalue weighted by atomic mass is 16.2. The van der Waals surface area contributed by atoms with Gasteiger partial charge in [-0.25, -0.2) is 19.3 Å². The van der Waals surface area contributed by atoms with E-state index in [4.69, 9.17) is 4.98 Å². The summed E-state index contributed by atoms with van der Waals surface area (Å²) in [4.78, 5) is 21.7. The normalized spacial score (nSPS) is 10.8. The first-order chi connectivity index (χ1) is 16.1. The zero-order valence-electron chi connectivity index (χ0n) is 18.3. The van der Waals surface area contributed by atoms with Gasteiger partial charge < -0.3 is 5.32 Å². The average molecular weight is 435 g/mol. The fraction of sp³-hybridized carbons (Fsp3) is 0.0769. The van der Waals surface area contributed by atoms with Crippen LogP contribution in [0.3, 0.4) is 0 Å². The van der Waals surface area contributed by atoms with Gasteiger partial charge in [0.15, 0.2) is 5.65 Å². The summed E-state index contributed by atoms with van der Waals surface area (Å²) in [5, 5.41) is 10.2. The molecule has 162 valence electrons. The van der Waals surface area contributed by atoms with E-state index in [1.165, 1.54) is 0 Å². The fourth-order valence-electron chi connectivity index (χ4n) is 3.79. The van der Waals surface area contributed by atoms with E-state index in [0.717, 1.165) is 45.0 Å². The molecular formula is C26H22N6O. The molecule has 0 saturated carbocycles. The molecule has 7 nitrogen and oxygen atoms in total. The van der Waals surface area contributed by atoms with Gasteiger partial charge in [-0.3, -0.25) is 5.32 Å². The van der Waals surface area contributed by atoms with E-state index in [1.807, 2.05) is 72.1 Å². The van der Waals surface area contributed by atoms with Crippen molar-refractivity contribution in [3.8, 4) is 22.5 Å². The molecule has 5 aromatic rings. The van der Waals surface area contributed by atoms with Crippen molar-refractivity contribution in [2.24, 2.45) is 0 Å². The van der Waals surface area contributed by atoms with Gasteiger partial charge in [0.05, 0.1) is 5.69 Å². The van der Waals surface area contributed by atoms with Crippen LogP contribution in [0.2, 0.25) is 0 Å². The molecule has 0 unspecified atom stereocenters. The van der Waals surface area contributed by atoms with E-state index in [0.29, 0.717) is 5.82 Å². The third-order valence-electron chi connectivity index (χ3n) is 5.24. The largest absolute Gasteiger partial charge is 0.324 e. The van der Waals surface area contributed by atoms with Crippen molar-refractivity contribution in [2.45, 2.75) is 13.8 Å². The predicted octanol–water partition coefficient (Wildman–Crippen LogP) is 5.72. The number of urea groups is 1. The molecule has 0 bridgehead atoms. The van der Waals surface area contributed by atoms with Gasteiger partial charge in [0.2, 0.25) is 0 Å². The van der Waals surface area contributed by atoms with E-state index < -0.39 is 0 Å². The third-order valence-corrected chi connectivity index (χ3v) is 5.24. The maximum Gasteiger partial charge on any atom is 0.324 e. The standard InChI is InChI=1S/C26H22N6O/c1-17-6-3-8-19(14-17)24-25(32-23(31-24)10-5-12-28-32)20-11-13-27-22(16-20)30-26(33)29-21-9-4-7-18(2)15-21/h3-16H,1-2H3,(H2,27,29,30,33).